The van der Waals surface area contributed by atoms with E-state index in [0.717, 1.165) is 46.9 Å². The van der Waals surface area contributed by atoms with Crippen molar-refractivity contribution < 1.29 is 4.21 Å². The quantitative estimate of drug-likeness (QED) is 0.855. The van der Waals surface area contributed by atoms with Crippen molar-refractivity contribution in [2.24, 2.45) is 0 Å². The first kappa shape index (κ1) is 13.9. The topological polar surface area (TPSA) is 46.1 Å². The molecule has 0 aliphatic carbocycles. The molecule has 0 aromatic carbocycles. The number of rotatable bonds is 2. The number of fused-ring (bicyclic) bond motifs is 1. The number of thiophene rings is 1. The Kier molecular flexibility index (Phi) is 4.03. The van der Waals surface area contributed by atoms with Gasteiger partial charge in [-0.1, -0.05) is 6.92 Å². The summed E-state index contributed by atoms with van der Waals surface area (Å²) in [5.41, 5.74) is 0. The first-order valence-corrected chi connectivity index (χ1v) is 9.34. The van der Waals surface area contributed by atoms with Gasteiger partial charge >= 0.3 is 0 Å². The lowest BCUT2D eigenvalue weighted by Crippen LogP contribution is -2.34. The van der Waals surface area contributed by atoms with Crippen molar-refractivity contribution in [3.63, 3.8) is 0 Å². The molecule has 20 heavy (non-hydrogen) atoms. The number of aromatic nitrogens is 2. The van der Waals surface area contributed by atoms with E-state index in [1.807, 2.05) is 0 Å². The fourth-order valence-electron chi connectivity index (χ4n) is 2.59. The molecule has 0 N–H and O–H groups in total. The summed E-state index contributed by atoms with van der Waals surface area (Å²) in [6.45, 7) is 5.18. The molecular weight excluding hydrogens is 290 g/mol. The van der Waals surface area contributed by atoms with E-state index in [9.17, 15) is 4.21 Å². The van der Waals surface area contributed by atoms with Crippen molar-refractivity contribution in [3.05, 3.63) is 17.3 Å². The van der Waals surface area contributed by atoms with Gasteiger partial charge in [0, 0.05) is 39.8 Å². The molecule has 1 aliphatic rings. The maximum atomic E-state index is 11.8. The Labute approximate surface area is 125 Å². The van der Waals surface area contributed by atoms with Gasteiger partial charge in [-0.2, -0.15) is 0 Å². The smallest absolute Gasteiger partial charge is 0.141 e. The van der Waals surface area contributed by atoms with Crippen LogP contribution in [0.25, 0.3) is 10.2 Å². The zero-order valence-corrected chi connectivity index (χ0v) is 13.5. The van der Waals surface area contributed by atoms with Crippen LogP contribution >= 0.6 is 11.3 Å². The summed E-state index contributed by atoms with van der Waals surface area (Å²) in [4.78, 5) is 13.6. The molecule has 0 unspecified atom stereocenters. The van der Waals surface area contributed by atoms with Gasteiger partial charge in [0.05, 0.1) is 5.39 Å². The number of hydrogen-bond donors (Lipinski definition) is 0. The molecule has 2 aromatic rings. The molecule has 108 valence electrons. The van der Waals surface area contributed by atoms with E-state index in [1.54, 1.807) is 17.7 Å². The van der Waals surface area contributed by atoms with E-state index in [0.29, 0.717) is 6.04 Å². The first-order chi connectivity index (χ1) is 9.69. The molecule has 1 aliphatic heterocycles. The Morgan fingerprint density at radius 3 is 3.10 bits per heavy atom. The Bertz CT molecular complexity index is 640. The Balaban J connectivity index is 2.03. The van der Waals surface area contributed by atoms with E-state index in [-0.39, 0.29) is 0 Å². The van der Waals surface area contributed by atoms with Gasteiger partial charge in [0.1, 0.15) is 17.0 Å². The predicted molar refractivity (Wildman–Crippen MR) is 86.1 cm³/mol. The molecule has 6 heteroatoms. The zero-order chi connectivity index (χ0) is 14.1. The molecule has 0 radical (unpaired) electrons. The highest BCUT2D eigenvalue weighted by Crippen LogP contribution is 2.32. The summed E-state index contributed by atoms with van der Waals surface area (Å²) in [7, 11) is -0.685. The van der Waals surface area contributed by atoms with Crippen LogP contribution in [0.1, 0.15) is 25.1 Å². The van der Waals surface area contributed by atoms with Crippen LogP contribution in [0.4, 0.5) is 5.82 Å². The van der Waals surface area contributed by atoms with Crippen LogP contribution in [-0.2, 0) is 17.2 Å². The second-order valence-corrected chi connectivity index (χ2v) is 7.97. The first-order valence-electron chi connectivity index (χ1n) is 7.04. The van der Waals surface area contributed by atoms with Crippen LogP contribution in [0.3, 0.4) is 0 Å². The van der Waals surface area contributed by atoms with Crippen LogP contribution in [0.15, 0.2) is 12.4 Å². The summed E-state index contributed by atoms with van der Waals surface area (Å²) in [6.07, 6.45) is 3.64. The monoisotopic (exact) mass is 309 g/mol. The third kappa shape index (κ3) is 2.59. The predicted octanol–water partition coefficient (Wildman–Crippen LogP) is 2.60. The Morgan fingerprint density at radius 1 is 1.45 bits per heavy atom. The summed E-state index contributed by atoms with van der Waals surface area (Å²) in [5.74, 6) is 2.55. The molecule has 0 spiro atoms. The molecule has 0 amide bonds. The Hall–Kier alpha value is -1.01. The maximum absolute atomic E-state index is 11.8. The standard InChI is InChI=1S/C14H19N3OS2/c1-3-11-8-12-13(15-9-16-14(12)19-11)17-5-7-20(18)6-4-10(17)2/h8-10H,3-7H2,1-2H3/t10-,20-/m1/s1. The van der Waals surface area contributed by atoms with Crippen LogP contribution in [0.5, 0.6) is 0 Å². The Morgan fingerprint density at radius 2 is 2.30 bits per heavy atom. The lowest BCUT2D eigenvalue weighted by Gasteiger charge is -2.28. The maximum Gasteiger partial charge on any atom is 0.141 e. The fourth-order valence-corrected chi connectivity index (χ4v) is 4.73. The van der Waals surface area contributed by atoms with Gasteiger partial charge in [-0.05, 0) is 25.8 Å². The van der Waals surface area contributed by atoms with Crippen molar-refractivity contribution >= 4 is 38.2 Å². The SMILES string of the molecule is CCc1cc2c(N3CC[S@](=O)CC[C@H]3C)ncnc2s1. The minimum atomic E-state index is -0.685. The molecular formula is C14H19N3OS2. The molecule has 0 saturated carbocycles. The van der Waals surface area contributed by atoms with Crippen molar-refractivity contribution in [1.29, 1.82) is 0 Å². The number of anilines is 1. The molecule has 2 aromatic heterocycles. The molecule has 4 nitrogen and oxygen atoms in total. The van der Waals surface area contributed by atoms with Crippen molar-refractivity contribution in [1.82, 2.24) is 9.97 Å². The van der Waals surface area contributed by atoms with Crippen LogP contribution in [0, 0.1) is 0 Å². The highest BCUT2D eigenvalue weighted by Gasteiger charge is 2.23. The van der Waals surface area contributed by atoms with E-state index < -0.39 is 10.8 Å². The largest absolute Gasteiger partial charge is 0.352 e. The lowest BCUT2D eigenvalue weighted by atomic mass is 10.2. The van der Waals surface area contributed by atoms with Gasteiger partial charge in [-0.3, -0.25) is 4.21 Å². The van der Waals surface area contributed by atoms with E-state index in [1.165, 1.54) is 4.88 Å². The minimum absolute atomic E-state index is 0.379. The second-order valence-electron chi connectivity index (χ2n) is 5.16. The van der Waals surface area contributed by atoms with Crippen molar-refractivity contribution in [3.8, 4) is 0 Å². The average Bonchev–Trinajstić information content (AvgIpc) is 2.81. The highest BCUT2D eigenvalue weighted by molar-refractivity contribution is 7.85. The van der Waals surface area contributed by atoms with Gasteiger partial charge < -0.3 is 4.90 Å². The summed E-state index contributed by atoms with van der Waals surface area (Å²) < 4.78 is 11.8. The van der Waals surface area contributed by atoms with Crippen LogP contribution in [-0.4, -0.2) is 38.3 Å². The molecule has 1 fully saturated rings. The molecule has 2 atom stereocenters. The van der Waals surface area contributed by atoms with E-state index in [2.05, 4.69) is 34.8 Å². The van der Waals surface area contributed by atoms with Crippen molar-refractivity contribution in [2.45, 2.75) is 32.7 Å². The fraction of sp³-hybridized carbons (Fsp3) is 0.571. The second kappa shape index (κ2) is 5.77. The number of aryl methyl sites for hydroxylation is 1. The molecule has 3 rings (SSSR count). The van der Waals surface area contributed by atoms with E-state index >= 15 is 0 Å². The van der Waals surface area contributed by atoms with Gasteiger partial charge in [-0.25, -0.2) is 9.97 Å². The molecule has 1 saturated heterocycles. The lowest BCUT2D eigenvalue weighted by molar-refractivity contribution is 0.639. The van der Waals surface area contributed by atoms with Gasteiger partial charge in [-0.15, -0.1) is 11.3 Å². The van der Waals surface area contributed by atoms with Crippen LogP contribution in [0.2, 0.25) is 0 Å². The summed E-state index contributed by atoms with van der Waals surface area (Å²) in [6, 6.07) is 2.59. The zero-order valence-electron chi connectivity index (χ0n) is 11.8. The normalized spacial score (nSPS) is 24.0. The third-order valence-electron chi connectivity index (χ3n) is 3.84. The summed E-state index contributed by atoms with van der Waals surface area (Å²) >= 11 is 1.74. The molecule has 0 bridgehead atoms. The summed E-state index contributed by atoms with van der Waals surface area (Å²) in [5, 5.41) is 1.15. The third-order valence-corrected chi connectivity index (χ3v) is 6.35. The number of hydrogen-bond acceptors (Lipinski definition) is 5. The van der Waals surface area contributed by atoms with Gasteiger partial charge in [0.25, 0.3) is 0 Å². The van der Waals surface area contributed by atoms with Gasteiger partial charge in [0.15, 0.2) is 0 Å². The van der Waals surface area contributed by atoms with E-state index in [4.69, 9.17) is 0 Å². The minimum Gasteiger partial charge on any atom is -0.352 e. The van der Waals surface area contributed by atoms with Gasteiger partial charge in [0.2, 0.25) is 0 Å². The number of nitrogens with zero attached hydrogens (tertiary/aromatic N) is 3. The highest BCUT2D eigenvalue weighted by atomic mass is 32.2. The van der Waals surface area contributed by atoms with Crippen LogP contribution < -0.4 is 4.90 Å². The van der Waals surface area contributed by atoms with Crippen molar-refractivity contribution in [2.75, 3.05) is 23.0 Å². The average molecular weight is 309 g/mol. The molecule has 3 heterocycles.